The number of anilines is 1. The Balaban J connectivity index is 1.90. The van der Waals surface area contributed by atoms with E-state index < -0.39 is 0 Å². The van der Waals surface area contributed by atoms with E-state index in [4.69, 9.17) is 14.2 Å². The van der Waals surface area contributed by atoms with E-state index in [9.17, 15) is 14.0 Å². The number of ether oxygens (including phenoxy) is 3. The molecule has 4 rings (SSSR count). The fourth-order valence-electron chi connectivity index (χ4n) is 4.70. The van der Waals surface area contributed by atoms with Crippen LogP contribution in [0.3, 0.4) is 0 Å². The van der Waals surface area contributed by atoms with Crippen molar-refractivity contribution in [2.45, 2.75) is 32.4 Å². The van der Waals surface area contributed by atoms with Gasteiger partial charge in [0.25, 0.3) is 0 Å². The average molecular weight is 493 g/mol. The molecule has 0 radical (unpaired) electrons. The Morgan fingerprint density at radius 2 is 1.81 bits per heavy atom. The molecule has 0 saturated carbocycles. The first-order chi connectivity index (χ1) is 17.4. The van der Waals surface area contributed by atoms with Crippen molar-refractivity contribution < 1.29 is 23.4 Å². The molecular weight excluding hydrogens is 463 g/mol. The molecule has 7 nitrogen and oxygen atoms in total. The SMILES string of the molecule is COc1cc2c(c(OC)c1OC)-c1ccc(NCc3cccc(F)c3)c(=O)cc1C(NC(C)=O)CC2. The second-order valence-electron chi connectivity index (χ2n) is 8.58. The lowest BCUT2D eigenvalue weighted by atomic mass is 9.95. The van der Waals surface area contributed by atoms with Crippen LogP contribution in [0.2, 0.25) is 0 Å². The fraction of sp³-hybridized carbons (Fsp3) is 0.286. The molecule has 0 bridgehead atoms. The third-order valence-corrected chi connectivity index (χ3v) is 6.29. The molecule has 36 heavy (non-hydrogen) atoms. The number of carbonyl (C=O) groups is 1. The molecule has 1 aliphatic rings. The van der Waals surface area contributed by atoms with Gasteiger partial charge < -0.3 is 24.8 Å². The van der Waals surface area contributed by atoms with Gasteiger partial charge in [-0.2, -0.15) is 0 Å². The number of methoxy groups -OCH3 is 3. The van der Waals surface area contributed by atoms with E-state index >= 15 is 0 Å². The zero-order valence-corrected chi connectivity index (χ0v) is 20.7. The highest BCUT2D eigenvalue weighted by Gasteiger charge is 2.29. The average Bonchev–Trinajstić information content (AvgIpc) is 3.10. The van der Waals surface area contributed by atoms with E-state index in [0.29, 0.717) is 46.9 Å². The molecule has 3 aromatic rings. The maximum atomic E-state index is 13.6. The summed E-state index contributed by atoms with van der Waals surface area (Å²) in [7, 11) is 4.66. The van der Waals surface area contributed by atoms with Crippen molar-refractivity contribution in [3.8, 4) is 28.4 Å². The number of hydrogen-bond acceptors (Lipinski definition) is 6. The summed E-state index contributed by atoms with van der Waals surface area (Å²) in [6.45, 7) is 1.74. The smallest absolute Gasteiger partial charge is 0.217 e. The Morgan fingerprint density at radius 1 is 1.03 bits per heavy atom. The summed E-state index contributed by atoms with van der Waals surface area (Å²) < 4.78 is 30.5. The number of nitrogens with one attached hydrogen (secondary N) is 2. The van der Waals surface area contributed by atoms with Crippen molar-refractivity contribution in [2.24, 2.45) is 0 Å². The molecule has 2 N–H and O–H groups in total. The van der Waals surface area contributed by atoms with Crippen LogP contribution in [0.5, 0.6) is 17.2 Å². The third-order valence-electron chi connectivity index (χ3n) is 6.29. The van der Waals surface area contributed by atoms with Crippen molar-refractivity contribution in [1.82, 2.24) is 5.32 Å². The standard InChI is InChI=1S/C28H29FN2O5/c1-16(32)31-22-10-8-18-13-25(34-2)27(35-3)28(36-4)26(18)20-9-11-23(24(33)14-21(20)22)30-15-17-6-5-7-19(29)12-17/h5-7,9,11-14,22H,8,10,15H2,1-4H3,(H,30,33)(H,31,32). The van der Waals surface area contributed by atoms with Gasteiger partial charge in [0.05, 0.1) is 33.1 Å². The molecule has 1 unspecified atom stereocenters. The van der Waals surface area contributed by atoms with Crippen molar-refractivity contribution in [3.05, 3.63) is 81.3 Å². The summed E-state index contributed by atoms with van der Waals surface area (Å²) >= 11 is 0. The van der Waals surface area contributed by atoms with Gasteiger partial charge >= 0.3 is 0 Å². The second-order valence-corrected chi connectivity index (χ2v) is 8.58. The molecule has 3 aromatic carbocycles. The molecule has 0 aliphatic heterocycles. The van der Waals surface area contributed by atoms with Crippen molar-refractivity contribution in [3.63, 3.8) is 0 Å². The maximum Gasteiger partial charge on any atom is 0.217 e. The number of aryl methyl sites for hydroxylation is 1. The molecule has 1 amide bonds. The first-order valence-electron chi connectivity index (χ1n) is 11.6. The first-order valence-corrected chi connectivity index (χ1v) is 11.6. The summed E-state index contributed by atoms with van der Waals surface area (Å²) in [4.78, 5) is 25.3. The van der Waals surface area contributed by atoms with E-state index in [0.717, 1.165) is 16.7 Å². The lowest BCUT2D eigenvalue weighted by Gasteiger charge is -2.19. The second kappa shape index (κ2) is 10.7. The van der Waals surface area contributed by atoms with Gasteiger partial charge in [0, 0.05) is 19.0 Å². The molecule has 0 saturated heterocycles. The lowest BCUT2D eigenvalue weighted by molar-refractivity contribution is -0.119. The number of fused-ring (bicyclic) bond motifs is 3. The molecule has 0 spiro atoms. The fourth-order valence-corrected chi connectivity index (χ4v) is 4.70. The Morgan fingerprint density at radius 3 is 2.47 bits per heavy atom. The predicted molar refractivity (Wildman–Crippen MR) is 136 cm³/mol. The normalized spacial score (nSPS) is 14.1. The lowest BCUT2D eigenvalue weighted by Crippen LogP contribution is -2.26. The molecule has 1 atom stereocenters. The maximum absolute atomic E-state index is 13.6. The Kier molecular flexibility index (Phi) is 7.43. The monoisotopic (exact) mass is 492 g/mol. The summed E-state index contributed by atoms with van der Waals surface area (Å²) in [5, 5.41) is 6.11. The third kappa shape index (κ3) is 4.98. The van der Waals surface area contributed by atoms with Gasteiger partial charge in [-0.15, -0.1) is 0 Å². The van der Waals surface area contributed by atoms with Crippen molar-refractivity contribution in [2.75, 3.05) is 26.6 Å². The highest BCUT2D eigenvalue weighted by molar-refractivity contribution is 5.83. The van der Waals surface area contributed by atoms with E-state index in [1.54, 1.807) is 45.6 Å². The van der Waals surface area contributed by atoms with Crippen LogP contribution in [-0.2, 0) is 17.8 Å². The van der Waals surface area contributed by atoms with Crippen molar-refractivity contribution >= 4 is 11.6 Å². The Hall–Kier alpha value is -4.07. The molecular formula is C28H29FN2O5. The highest BCUT2D eigenvalue weighted by atomic mass is 19.1. The topological polar surface area (TPSA) is 85.9 Å². The Labute approximate surface area is 209 Å². The van der Waals surface area contributed by atoms with Crippen LogP contribution < -0.4 is 30.3 Å². The number of halogens is 1. The summed E-state index contributed by atoms with van der Waals surface area (Å²) in [6, 6.07) is 12.8. The van der Waals surface area contributed by atoms with Gasteiger partial charge in [0.2, 0.25) is 17.1 Å². The molecule has 1 aliphatic carbocycles. The van der Waals surface area contributed by atoms with Gasteiger partial charge in [-0.05, 0) is 65.4 Å². The van der Waals surface area contributed by atoms with Gasteiger partial charge in [0.15, 0.2) is 11.5 Å². The van der Waals surface area contributed by atoms with E-state index in [1.807, 2.05) is 12.1 Å². The quantitative estimate of drug-likeness (QED) is 0.501. The summed E-state index contributed by atoms with van der Waals surface area (Å²) in [5.41, 5.74) is 3.98. The summed E-state index contributed by atoms with van der Waals surface area (Å²) in [6.07, 6.45) is 1.20. The van der Waals surface area contributed by atoms with Crippen LogP contribution in [0.1, 0.15) is 36.1 Å². The van der Waals surface area contributed by atoms with Crippen LogP contribution in [-0.4, -0.2) is 27.2 Å². The number of benzene rings is 2. The summed E-state index contributed by atoms with van der Waals surface area (Å²) in [5.74, 6) is 0.941. The number of rotatable bonds is 7. The number of hydrogen-bond donors (Lipinski definition) is 2. The van der Waals surface area contributed by atoms with Crippen LogP contribution in [0.25, 0.3) is 11.1 Å². The molecule has 0 fully saturated rings. The molecule has 0 aromatic heterocycles. The van der Waals surface area contributed by atoms with E-state index in [1.165, 1.54) is 19.1 Å². The van der Waals surface area contributed by atoms with Gasteiger partial charge in [0.1, 0.15) is 5.82 Å². The van der Waals surface area contributed by atoms with E-state index in [-0.39, 0.29) is 29.7 Å². The van der Waals surface area contributed by atoms with Gasteiger partial charge in [-0.3, -0.25) is 9.59 Å². The Bertz CT molecular complexity index is 1360. The molecule has 8 heteroatoms. The van der Waals surface area contributed by atoms with E-state index in [2.05, 4.69) is 10.6 Å². The largest absolute Gasteiger partial charge is 0.493 e. The van der Waals surface area contributed by atoms with Gasteiger partial charge in [-0.25, -0.2) is 4.39 Å². The minimum absolute atomic E-state index is 0.192. The predicted octanol–water partition coefficient (Wildman–Crippen LogP) is 4.61. The number of amides is 1. The van der Waals surface area contributed by atoms with Crippen LogP contribution in [0, 0.1) is 5.82 Å². The zero-order chi connectivity index (χ0) is 25.8. The highest BCUT2D eigenvalue weighted by Crippen LogP contribution is 2.50. The van der Waals surface area contributed by atoms with Crippen LogP contribution >= 0.6 is 0 Å². The first kappa shape index (κ1) is 25.0. The molecule has 0 heterocycles. The minimum Gasteiger partial charge on any atom is -0.493 e. The molecule has 188 valence electrons. The van der Waals surface area contributed by atoms with Crippen molar-refractivity contribution in [1.29, 1.82) is 0 Å². The minimum atomic E-state index is -0.386. The zero-order valence-electron chi connectivity index (χ0n) is 20.7. The van der Waals surface area contributed by atoms with Gasteiger partial charge in [-0.1, -0.05) is 18.2 Å². The van der Waals surface area contributed by atoms with Crippen LogP contribution in [0.15, 0.2) is 53.3 Å². The van der Waals surface area contributed by atoms with Crippen LogP contribution in [0.4, 0.5) is 10.1 Å². The number of carbonyl (C=O) groups excluding carboxylic acids is 1.